The molecular weight excluding hydrogens is 193 g/mol. The van der Waals surface area contributed by atoms with Crippen molar-refractivity contribution in [2.24, 2.45) is 5.73 Å². The van der Waals surface area contributed by atoms with E-state index in [1.807, 2.05) is 0 Å². The minimum absolute atomic E-state index is 0.0142. The molecule has 1 atom stereocenters. The fourth-order valence-electron chi connectivity index (χ4n) is 1.18. The number of halogens is 3. The first-order valence-corrected chi connectivity index (χ1v) is 4.06. The van der Waals surface area contributed by atoms with Gasteiger partial charge in [0.25, 0.3) is 6.43 Å². The molecule has 14 heavy (non-hydrogen) atoms. The molecule has 0 saturated carbocycles. The molecule has 1 unspecified atom stereocenters. The average Bonchev–Trinajstić information content (AvgIpc) is 2.07. The summed E-state index contributed by atoms with van der Waals surface area (Å²) >= 11 is 0. The number of hydrogen-bond acceptors (Lipinski definition) is 2. The third-order valence-electron chi connectivity index (χ3n) is 1.88. The quantitative estimate of drug-likeness (QED) is 0.726. The summed E-state index contributed by atoms with van der Waals surface area (Å²) in [6, 6.07) is 1.54. The first-order valence-electron chi connectivity index (χ1n) is 4.06. The molecule has 1 rings (SSSR count). The molecule has 0 aliphatic rings. The molecule has 5 heteroatoms. The number of hydrogen-bond donors (Lipinski definition) is 2. The van der Waals surface area contributed by atoms with Crippen molar-refractivity contribution in [3.63, 3.8) is 0 Å². The van der Waals surface area contributed by atoms with Crippen molar-refractivity contribution in [2.45, 2.75) is 19.4 Å². The van der Waals surface area contributed by atoms with Gasteiger partial charge in [-0.25, -0.2) is 13.2 Å². The molecule has 0 saturated heterocycles. The van der Waals surface area contributed by atoms with Crippen molar-refractivity contribution in [1.82, 2.24) is 0 Å². The lowest BCUT2D eigenvalue weighted by molar-refractivity contribution is 0.146. The zero-order valence-corrected chi connectivity index (χ0v) is 7.60. The number of benzene rings is 1. The summed E-state index contributed by atoms with van der Waals surface area (Å²) in [5, 5.41) is 0. The maximum absolute atomic E-state index is 13.3. The fourth-order valence-corrected chi connectivity index (χ4v) is 1.18. The van der Waals surface area contributed by atoms with Gasteiger partial charge in [0.1, 0.15) is 5.82 Å². The third-order valence-corrected chi connectivity index (χ3v) is 1.88. The van der Waals surface area contributed by atoms with E-state index < -0.39 is 23.8 Å². The molecular formula is C9H11F3N2. The van der Waals surface area contributed by atoms with E-state index in [1.165, 1.54) is 13.0 Å². The largest absolute Gasteiger partial charge is 0.399 e. The van der Waals surface area contributed by atoms with E-state index in [1.54, 1.807) is 0 Å². The van der Waals surface area contributed by atoms with Crippen LogP contribution < -0.4 is 11.5 Å². The second-order valence-corrected chi connectivity index (χ2v) is 3.10. The van der Waals surface area contributed by atoms with Gasteiger partial charge in [0, 0.05) is 17.3 Å². The van der Waals surface area contributed by atoms with Crippen LogP contribution in [0.5, 0.6) is 0 Å². The van der Waals surface area contributed by atoms with Gasteiger partial charge in [0.05, 0.1) is 5.56 Å². The van der Waals surface area contributed by atoms with Crippen LogP contribution in [0.1, 0.15) is 30.5 Å². The highest BCUT2D eigenvalue weighted by molar-refractivity contribution is 5.46. The Bertz CT molecular complexity index is 308. The van der Waals surface area contributed by atoms with Crippen molar-refractivity contribution in [3.8, 4) is 0 Å². The summed E-state index contributed by atoms with van der Waals surface area (Å²) in [6.45, 7) is 1.51. The molecule has 0 spiro atoms. The SMILES string of the molecule is CC(N)c1cc(N)cc(C(F)F)c1F. The Kier molecular flexibility index (Phi) is 3.00. The van der Waals surface area contributed by atoms with Crippen molar-refractivity contribution >= 4 is 5.69 Å². The van der Waals surface area contributed by atoms with E-state index in [4.69, 9.17) is 11.5 Å². The third kappa shape index (κ3) is 1.98. The van der Waals surface area contributed by atoms with Crippen molar-refractivity contribution in [1.29, 1.82) is 0 Å². The maximum Gasteiger partial charge on any atom is 0.266 e. The van der Waals surface area contributed by atoms with Gasteiger partial charge < -0.3 is 11.5 Å². The first-order chi connectivity index (χ1) is 6.43. The Balaban J connectivity index is 3.32. The van der Waals surface area contributed by atoms with E-state index in [0.717, 1.165) is 6.07 Å². The Morgan fingerprint density at radius 2 is 1.71 bits per heavy atom. The second-order valence-electron chi connectivity index (χ2n) is 3.10. The van der Waals surface area contributed by atoms with Gasteiger partial charge >= 0.3 is 0 Å². The molecule has 1 aromatic carbocycles. The zero-order chi connectivity index (χ0) is 10.9. The maximum atomic E-state index is 13.3. The number of rotatable bonds is 2. The van der Waals surface area contributed by atoms with Crippen LogP contribution >= 0.6 is 0 Å². The highest BCUT2D eigenvalue weighted by atomic mass is 19.3. The lowest BCUT2D eigenvalue weighted by atomic mass is 10.0. The number of alkyl halides is 2. The molecule has 78 valence electrons. The topological polar surface area (TPSA) is 52.0 Å². The van der Waals surface area contributed by atoms with Crippen LogP contribution in [0.3, 0.4) is 0 Å². The van der Waals surface area contributed by atoms with Gasteiger partial charge in [-0.05, 0) is 19.1 Å². The molecule has 0 aromatic heterocycles. The monoisotopic (exact) mass is 204 g/mol. The molecule has 0 radical (unpaired) electrons. The first kappa shape index (κ1) is 10.8. The van der Waals surface area contributed by atoms with Crippen LogP contribution in [0.2, 0.25) is 0 Å². The van der Waals surface area contributed by atoms with Gasteiger partial charge in [-0.3, -0.25) is 0 Å². The van der Waals surface area contributed by atoms with Crippen LogP contribution in [0.25, 0.3) is 0 Å². The number of anilines is 1. The fraction of sp³-hybridized carbons (Fsp3) is 0.333. The van der Waals surface area contributed by atoms with Crippen molar-refractivity contribution in [3.05, 3.63) is 29.1 Å². The van der Waals surface area contributed by atoms with E-state index in [-0.39, 0.29) is 11.3 Å². The van der Waals surface area contributed by atoms with Crippen LogP contribution in [-0.4, -0.2) is 0 Å². The predicted octanol–water partition coefficient (Wildman–Crippen LogP) is 2.37. The lowest BCUT2D eigenvalue weighted by Gasteiger charge is -2.11. The summed E-state index contributed by atoms with van der Waals surface area (Å²) in [7, 11) is 0. The van der Waals surface area contributed by atoms with Crippen LogP contribution in [0.4, 0.5) is 18.9 Å². The highest BCUT2D eigenvalue weighted by Gasteiger charge is 2.19. The Labute approximate surface area is 79.7 Å². The predicted molar refractivity (Wildman–Crippen MR) is 48.4 cm³/mol. The summed E-state index contributed by atoms with van der Waals surface area (Å²) in [5.74, 6) is -0.968. The van der Waals surface area contributed by atoms with Gasteiger partial charge in [-0.15, -0.1) is 0 Å². The van der Waals surface area contributed by atoms with E-state index in [2.05, 4.69) is 0 Å². The molecule has 0 heterocycles. The highest BCUT2D eigenvalue weighted by Crippen LogP contribution is 2.29. The summed E-state index contributed by atoms with van der Waals surface area (Å²) in [4.78, 5) is 0. The Hall–Kier alpha value is -1.23. The van der Waals surface area contributed by atoms with Crippen molar-refractivity contribution < 1.29 is 13.2 Å². The van der Waals surface area contributed by atoms with Crippen LogP contribution in [0.15, 0.2) is 12.1 Å². The van der Waals surface area contributed by atoms with Gasteiger partial charge in [-0.1, -0.05) is 0 Å². The smallest absolute Gasteiger partial charge is 0.266 e. The van der Waals surface area contributed by atoms with Crippen LogP contribution in [0, 0.1) is 5.82 Å². The zero-order valence-electron chi connectivity index (χ0n) is 7.60. The standard InChI is InChI=1S/C9H11F3N2/c1-4(13)6-2-5(14)3-7(8(6)10)9(11)12/h2-4,9H,13-14H2,1H3. The normalized spacial score (nSPS) is 13.3. The van der Waals surface area contributed by atoms with E-state index in [0.29, 0.717) is 0 Å². The molecule has 0 fully saturated rings. The molecule has 2 nitrogen and oxygen atoms in total. The van der Waals surface area contributed by atoms with Gasteiger partial charge in [-0.2, -0.15) is 0 Å². The molecule has 4 N–H and O–H groups in total. The van der Waals surface area contributed by atoms with E-state index in [9.17, 15) is 13.2 Å². The minimum atomic E-state index is -2.88. The Morgan fingerprint density at radius 3 is 2.14 bits per heavy atom. The Morgan fingerprint density at radius 1 is 1.21 bits per heavy atom. The van der Waals surface area contributed by atoms with Gasteiger partial charge in [0.15, 0.2) is 0 Å². The van der Waals surface area contributed by atoms with Crippen molar-refractivity contribution in [2.75, 3.05) is 5.73 Å². The summed E-state index contributed by atoms with van der Waals surface area (Å²) in [5.41, 5.74) is 10.2. The summed E-state index contributed by atoms with van der Waals surface area (Å²) in [6.07, 6.45) is -2.88. The number of nitrogen functional groups attached to an aromatic ring is 1. The molecule has 0 bridgehead atoms. The molecule has 0 aliphatic heterocycles. The minimum Gasteiger partial charge on any atom is -0.399 e. The van der Waals surface area contributed by atoms with Gasteiger partial charge in [0.2, 0.25) is 0 Å². The second kappa shape index (κ2) is 3.88. The van der Waals surface area contributed by atoms with E-state index >= 15 is 0 Å². The molecule has 0 amide bonds. The molecule has 0 aliphatic carbocycles. The van der Waals surface area contributed by atoms with Crippen LogP contribution in [-0.2, 0) is 0 Å². The number of nitrogens with two attached hydrogens (primary N) is 2. The molecule has 1 aromatic rings. The lowest BCUT2D eigenvalue weighted by Crippen LogP contribution is -2.10. The summed E-state index contributed by atoms with van der Waals surface area (Å²) < 4.78 is 38.0. The average molecular weight is 204 g/mol.